The van der Waals surface area contributed by atoms with Gasteiger partial charge in [-0.15, -0.1) is 0 Å². The summed E-state index contributed by atoms with van der Waals surface area (Å²) in [5, 5.41) is -0.587. The number of hydrogen-bond acceptors (Lipinski definition) is 2. The van der Waals surface area contributed by atoms with Crippen LogP contribution in [0.1, 0.15) is 5.56 Å². The lowest BCUT2D eigenvalue weighted by molar-refractivity contribution is 0.584. The van der Waals surface area contributed by atoms with Crippen LogP contribution in [0.3, 0.4) is 0 Å². The SMILES string of the molecule is Cc1cc(Br)ccc1-n1c(=O)[nH]c(Cl)c(F)c1=O. The van der Waals surface area contributed by atoms with Crippen molar-refractivity contribution in [1.29, 1.82) is 0 Å². The van der Waals surface area contributed by atoms with Crippen molar-refractivity contribution in [3.63, 3.8) is 0 Å². The molecule has 0 saturated heterocycles. The summed E-state index contributed by atoms with van der Waals surface area (Å²) in [6.45, 7) is 1.71. The van der Waals surface area contributed by atoms with Crippen LogP contribution in [0, 0.1) is 12.7 Å². The van der Waals surface area contributed by atoms with Crippen LogP contribution in [0.25, 0.3) is 5.69 Å². The van der Waals surface area contributed by atoms with E-state index in [0.717, 1.165) is 4.47 Å². The van der Waals surface area contributed by atoms with Gasteiger partial charge in [-0.05, 0) is 30.7 Å². The van der Waals surface area contributed by atoms with Crippen LogP contribution in [-0.4, -0.2) is 9.55 Å². The minimum Gasteiger partial charge on any atom is -0.295 e. The zero-order valence-corrected chi connectivity index (χ0v) is 11.5. The van der Waals surface area contributed by atoms with Gasteiger partial charge < -0.3 is 0 Å². The highest BCUT2D eigenvalue weighted by Gasteiger charge is 2.14. The summed E-state index contributed by atoms with van der Waals surface area (Å²) < 4.78 is 14.9. The number of hydrogen-bond donors (Lipinski definition) is 1. The number of halogens is 3. The summed E-state index contributed by atoms with van der Waals surface area (Å²) in [7, 11) is 0. The predicted molar refractivity (Wildman–Crippen MR) is 70.1 cm³/mol. The molecule has 1 N–H and O–H groups in total. The quantitative estimate of drug-likeness (QED) is 0.815. The summed E-state index contributed by atoms with van der Waals surface area (Å²) in [4.78, 5) is 25.5. The Morgan fingerprint density at radius 2 is 2.06 bits per heavy atom. The molecule has 1 aromatic heterocycles. The molecule has 0 saturated carbocycles. The Morgan fingerprint density at radius 3 is 2.67 bits per heavy atom. The molecule has 0 bridgehead atoms. The molecular formula is C11H7BrClFN2O2. The highest BCUT2D eigenvalue weighted by molar-refractivity contribution is 9.10. The molecule has 0 aliphatic heterocycles. The Kier molecular flexibility index (Phi) is 3.41. The average Bonchev–Trinajstić information content (AvgIpc) is 2.29. The number of H-pyrrole nitrogens is 1. The molecule has 0 aliphatic carbocycles. The van der Waals surface area contributed by atoms with E-state index in [-0.39, 0.29) is 0 Å². The van der Waals surface area contributed by atoms with Gasteiger partial charge in [-0.2, -0.15) is 4.39 Å². The second-order valence-electron chi connectivity index (χ2n) is 3.63. The lowest BCUT2D eigenvalue weighted by Gasteiger charge is -2.08. The zero-order valence-electron chi connectivity index (χ0n) is 9.13. The number of nitrogens with one attached hydrogen (secondary N) is 1. The van der Waals surface area contributed by atoms with Crippen LogP contribution in [0.15, 0.2) is 32.3 Å². The van der Waals surface area contributed by atoms with E-state index in [2.05, 4.69) is 20.9 Å². The molecule has 2 rings (SSSR count). The van der Waals surface area contributed by atoms with Crippen molar-refractivity contribution in [2.75, 3.05) is 0 Å². The summed E-state index contributed by atoms with van der Waals surface area (Å²) in [5.74, 6) is -1.18. The van der Waals surface area contributed by atoms with Crippen molar-refractivity contribution in [2.24, 2.45) is 0 Å². The van der Waals surface area contributed by atoms with Gasteiger partial charge in [-0.25, -0.2) is 9.36 Å². The maximum Gasteiger partial charge on any atom is 0.334 e. The second kappa shape index (κ2) is 4.70. The molecule has 2 aromatic rings. The Morgan fingerprint density at radius 1 is 1.39 bits per heavy atom. The molecule has 7 heteroatoms. The number of benzene rings is 1. The summed E-state index contributed by atoms with van der Waals surface area (Å²) >= 11 is 8.66. The van der Waals surface area contributed by atoms with E-state index in [1.807, 2.05) is 0 Å². The first-order valence-corrected chi connectivity index (χ1v) is 6.06. The molecular weight excluding hydrogens is 326 g/mol. The van der Waals surface area contributed by atoms with Crippen LogP contribution in [-0.2, 0) is 0 Å². The smallest absolute Gasteiger partial charge is 0.295 e. The molecule has 0 unspecified atom stereocenters. The average molecular weight is 334 g/mol. The third-order valence-electron chi connectivity index (χ3n) is 2.40. The van der Waals surface area contributed by atoms with Gasteiger partial charge in [-0.3, -0.25) is 9.78 Å². The van der Waals surface area contributed by atoms with E-state index in [0.29, 0.717) is 15.8 Å². The Balaban J connectivity index is 2.84. The van der Waals surface area contributed by atoms with Gasteiger partial charge >= 0.3 is 5.69 Å². The minimum absolute atomic E-state index is 0.306. The lowest BCUT2D eigenvalue weighted by Crippen LogP contribution is -2.36. The Bertz CT molecular complexity index is 739. The molecule has 94 valence electrons. The number of aromatic amines is 1. The molecule has 0 aliphatic rings. The largest absolute Gasteiger partial charge is 0.334 e. The highest BCUT2D eigenvalue weighted by Crippen LogP contribution is 2.17. The molecule has 4 nitrogen and oxygen atoms in total. The molecule has 18 heavy (non-hydrogen) atoms. The van der Waals surface area contributed by atoms with Gasteiger partial charge in [-0.1, -0.05) is 27.5 Å². The molecule has 0 atom stereocenters. The van der Waals surface area contributed by atoms with Gasteiger partial charge in [0.25, 0.3) is 5.56 Å². The number of nitrogens with zero attached hydrogens (tertiary/aromatic N) is 1. The van der Waals surface area contributed by atoms with Crippen molar-refractivity contribution < 1.29 is 4.39 Å². The normalized spacial score (nSPS) is 10.7. The van der Waals surface area contributed by atoms with Crippen LogP contribution in [0.5, 0.6) is 0 Å². The first-order chi connectivity index (χ1) is 8.41. The van der Waals surface area contributed by atoms with E-state index in [1.165, 1.54) is 0 Å². The lowest BCUT2D eigenvalue weighted by atomic mass is 10.2. The third-order valence-corrected chi connectivity index (χ3v) is 3.16. The van der Waals surface area contributed by atoms with E-state index < -0.39 is 22.2 Å². The van der Waals surface area contributed by atoms with Gasteiger partial charge in [0.2, 0.25) is 5.82 Å². The maximum absolute atomic E-state index is 13.4. The molecule has 1 aromatic carbocycles. The van der Waals surface area contributed by atoms with Gasteiger partial charge in [0.1, 0.15) is 0 Å². The van der Waals surface area contributed by atoms with Crippen LogP contribution >= 0.6 is 27.5 Å². The molecule has 1 heterocycles. The fourth-order valence-corrected chi connectivity index (χ4v) is 2.21. The first kappa shape index (κ1) is 13.0. The van der Waals surface area contributed by atoms with Gasteiger partial charge in [0, 0.05) is 4.47 Å². The maximum atomic E-state index is 13.4. The number of aryl methyl sites for hydroxylation is 1. The van der Waals surface area contributed by atoms with Gasteiger partial charge in [0.05, 0.1) is 5.69 Å². The standard InChI is InChI=1S/C11H7BrClFN2O2/c1-5-4-6(12)2-3-7(5)16-10(17)8(14)9(13)15-11(16)18/h2-4H,1H3,(H,15,18). The predicted octanol–water partition coefficient (Wildman–Crippen LogP) is 2.39. The van der Waals surface area contributed by atoms with Crippen molar-refractivity contribution in [3.8, 4) is 5.69 Å². The van der Waals surface area contributed by atoms with Gasteiger partial charge in [0.15, 0.2) is 5.15 Å². The van der Waals surface area contributed by atoms with Crippen LogP contribution in [0.4, 0.5) is 4.39 Å². The van der Waals surface area contributed by atoms with Crippen LogP contribution < -0.4 is 11.2 Å². The Labute approximate surface area is 114 Å². The third kappa shape index (κ3) is 2.13. The highest BCUT2D eigenvalue weighted by atomic mass is 79.9. The van der Waals surface area contributed by atoms with Crippen LogP contribution in [0.2, 0.25) is 5.15 Å². The van der Waals surface area contributed by atoms with Crippen molar-refractivity contribution in [3.05, 3.63) is 60.0 Å². The molecule has 0 amide bonds. The van der Waals surface area contributed by atoms with Crippen molar-refractivity contribution in [2.45, 2.75) is 6.92 Å². The fraction of sp³-hybridized carbons (Fsp3) is 0.0909. The molecule has 0 fully saturated rings. The summed E-state index contributed by atoms with van der Waals surface area (Å²) in [5.41, 5.74) is -0.898. The van der Waals surface area contributed by atoms with E-state index >= 15 is 0 Å². The van der Waals surface area contributed by atoms with Crippen molar-refractivity contribution in [1.82, 2.24) is 9.55 Å². The molecule has 0 radical (unpaired) electrons. The topological polar surface area (TPSA) is 54.9 Å². The van der Waals surface area contributed by atoms with E-state index in [1.54, 1.807) is 25.1 Å². The Hall–Kier alpha value is -1.40. The van der Waals surface area contributed by atoms with E-state index in [4.69, 9.17) is 11.6 Å². The van der Waals surface area contributed by atoms with Crippen molar-refractivity contribution >= 4 is 27.5 Å². The number of aromatic nitrogens is 2. The second-order valence-corrected chi connectivity index (χ2v) is 4.92. The molecule has 0 spiro atoms. The van der Waals surface area contributed by atoms with E-state index in [9.17, 15) is 14.0 Å². The first-order valence-electron chi connectivity index (χ1n) is 4.88. The summed E-state index contributed by atoms with van der Waals surface area (Å²) in [6.07, 6.45) is 0. The number of rotatable bonds is 1. The monoisotopic (exact) mass is 332 g/mol. The summed E-state index contributed by atoms with van der Waals surface area (Å²) in [6, 6.07) is 4.91. The fourth-order valence-electron chi connectivity index (χ4n) is 1.58. The zero-order chi connectivity index (χ0) is 13.4. The minimum atomic E-state index is -1.18.